The number of carbonyl (C=O) groups is 3. The summed E-state index contributed by atoms with van der Waals surface area (Å²) in [4.78, 5) is 37.9. The fourth-order valence-corrected chi connectivity index (χ4v) is 3.64. The predicted octanol–water partition coefficient (Wildman–Crippen LogP) is 2.03. The molecule has 2 heterocycles. The van der Waals surface area contributed by atoms with Crippen LogP contribution in [0.25, 0.3) is 11.5 Å². The van der Waals surface area contributed by atoms with Gasteiger partial charge >= 0.3 is 12.0 Å². The first kappa shape index (κ1) is 18.1. The Labute approximate surface area is 161 Å². The number of rotatable bonds is 5. The van der Waals surface area contributed by atoms with Crippen molar-refractivity contribution in [3.8, 4) is 11.5 Å². The number of esters is 1. The number of hydrogen-bond acceptors (Lipinski definition) is 7. The van der Waals surface area contributed by atoms with Crippen molar-refractivity contribution in [3.63, 3.8) is 0 Å². The van der Waals surface area contributed by atoms with Crippen molar-refractivity contribution in [2.75, 3.05) is 6.54 Å². The van der Waals surface area contributed by atoms with Crippen molar-refractivity contribution in [1.82, 2.24) is 20.4 Å². The van der Waals surface area contributed by atoms with E-state index in [1.165, 1.54) is 0 Å². The van der Waals surface area contributed by atoms with E-state index in [1.54, 1.807) is 0 Å². The SMILES string of the molecule is O=C(CN1C(=O)NC2(CCCCC2)C1=O)OCc1nnc(-c2ccccc2)o1. The molecule has 1 saturated carbocycles. The number of nitrogens with one attached hydrogen (secondary N) is 1. The van der Waals surface area contributed by atoms with Gasteiger partial charge in [0.2, 0.25) is 5.89 Å². The van der Waals surface area contributed by atoms with E-state index in [9.17, 15) is 14.4 Å². The zero-order valence-electron chi connectivity index (χ0n) is 15.2. The molecule has 1 saturated heterocycles. The number of urea groups is 1. The van der Waals surface area contributed by atoms with Gasteiger partial charge in [-0.25, -0.2) is 4.79 Å². The van der Waals surface area contributed by atoms with Gasteiger partial charge in [0.15, 0.2) is 6.61 Å². The average Bonchev–Trinajstić information content (AvgIpc) is 3.27. The zero-order valence-corrected chi connectivity index (χ0v) is 15.2. The number of imide groups is 1. The van der Waals surface area contributed by atoms with Gasteiger partial charge in [-0.1, -0.05) is 37.5 Å². The highest BCUT2D eigenvalue weighted by molar-refractivity contribution is 6.08. The Bertz CT molecular complexity index is 889. The maximum Gasteiger partial charge on any atom is 0.326 e. The number of amides is 3. The smallest absolute Gasteiger partial charge is 0.326 e. The summed E-state index contributed by atoms with van der Waals surface area (Å²) in [6.07, 6.45) is 4.01. The molecule has 0 atom stereocenters. The first-order valence-corrected chi connectivity index (χ1v) is 9.25. The highest BCUT2D eigenvalue weighted by Gasteiger charge is 2.51. The van der Waals surface area contributed by atoms with Gasteiger partial charge in [0.05, 0.1) is 0 Å². The third-order valence-electron chi connectivity index (χ3n) is 5.08. The Hall–Kier alpha value is -3.23. The average molecular weight is 384 g/mol. The van der Waals surface area contributed by atoms with Crippen LogP contribution in [0.2, 0.25) is 0 Å². The molecule has 1 aromatic carbocycles. The third-order valence-corrected chi connectivity index (χ3v) is 5.08. The van der Waals surface area contributed by atoms with E-state index in [4.69, 9.17) is 9.15 Å². The largest absolute Gasteiger partial charge is 0.454 e. The first-order chi connectivity index (χ1) is 13.6. The summed E-state index contributed by atoms with van der Waals surface area (Å²) in [5, 5.41) is 10.5. The number of carbonyl (C=O) groups excluding carboxylic acids is 3. The highest BCUT2D eigenvalue weighted by Crippen LogP contribution is 2.33. The minimum absolute atomic E-state index is 0.133. The van der Waals surface area contributed by atoms with E-state index in [0.717, 1.165) is 29.7 Å². The van der Waals surface area contributed by atoms with Crippen LogP contribution in [0.3, 0.4) is 0 Å². The van der Waals surface area contributed by atoms with Crippen LogP contribution in [-0.4, -0.2) is 45.1 Å². The molecular formula is C19H20N4O5. The summed E-state index contributed by atoms with van der Waals surface area (Å²) in [5.41, 5.74) is -0.100. The molecule has 9 nitrogen and oxygen atoms in total. The van der Waals surface area contributed by atoms with E-state index in [0.29, 0.717) is 18.7 Å². The summed E-state index contributed by atoms with van der Waals surface area (Å²) in [7, 11) is 0. The monoisotopic (exact) mass is 384 g/mol. The molecule has 28 heavy (non-hydrogen) atoms. The van der Waals surface area contributed by atoms with Crippen LogP contribution in [-0.2, 0) is 20.9 Å². The second kappa shape index (κ2) is 7.41. The number of aromatic nitrogens is 2. The van der Waals surface area contributed by atoms with Gasteiger partial charge in [-0.2, -0.15) is 0 Å². The normalized spacial score (nSPS) is 18.4. The molecule has 146 valence electrons. The van der Waals surface area contributed by atoms with Crippen molar-refractivity contribution in [2.24, 2.45) is 0 Å². The van der Waals surface area contributed by atoms with Crippen LogP contribution in [0.4, 0.5) is 4.79 Å². The van der Waals surface area contributed by atoms with E-state index >= 15 is 0 Å². The fourth-order valence-electron chi connectivity index (χ4n) is 3.64. The van der Waals surface area contributed by atoms with Crippen LogP contribution < -0.4 is 5.32 Å². The molecule has 2 aliphatic rings. The quantitative estimate of drug-likeness (QED) is 0.619. The van der Waals surface area contributed by atoms with Gasteiger partial charge in [-0.3, -0.25) is 14.5 Å². The molecule has 1 N–H and O–H groups in total. The summed E-state index contributed by atoms with van der Waals surface area (Å²) in [6, 6.07) is 8.65. The van der Waals surface area contributed by atoms with Crippen molar-refractivity contribution >= 4 is 17.9 Å². The van der Waals surface area contributed by atoms with Crippen molar-refractivity contribution in [3.05, 3.63) is 36.2 Å². The van der Waals surface area contributed by atoms with E-state index < -0.39 is 24.1 Å². The molecule has 4 rings (SSSR count). The lowest BCUT2D eigenvalue weighted by Crippen LogP contribution is -2.48. The first-order valence-electron chi connectivity index (χ1n) is 9.25. The Morgan fingerprint density at radius 3 is 2.64 bits per heavy atom. The van der Waals surface area contributed by atoms with Crippen molar-refractivity contribution in [2.45, 2.75) is 44.2 Å². The molecule has 3 amide bonds. The number of benzene rings is 1. The number of ether oxygens (including phenoxy) is 1. The highest BCUT2D eigenvalue weighted by atomic mass is 16.5. The number of nitrogens with zero attached hydrogens (tertiary/aromatic N) is 3. The molecule has 0 bridgehead atoms. The standard InChI is InChI=1S/C19H20N4O5/c24-15(11-23-17(25)19(20-18(23)26)9-5-2-6-10-19)27-12-14-21-22-16(28-14)13-7-3-1-4-8-13/h1,3-4,7-8H,2,5-6,9-12H2,(H,20,26). The van der Waals surface area contributed by atoms with Crippen LogP contribution in [0.1, 0.15) is 38.0 Å². The summed E-state index contributed by atoms with van der Waals surface area (Å²) < 4.78 is 10.6. The van der Waals surface area contributed by atoms with Gasteiger partial charge in [0, 0.05) is 5.56 Å². The molecule has 0 unspecified atom stereocenters. The lowest BCUT2D eigenvalue weighted by atomic mass is 9.82. The molecule has 9 heteroatoms. The molecule has 1 aromatic heterocycles. The van der Waals surface area contributed by atoms with Crippen molar-refractivity contribution in [1.29, 1.82) is 0 Å². The van der Waals surface area contributed by atoms with Gasteiger partial charge in [0.25, 0.3) is 11.8 Å². The number of hydrogen-bond donors (Lipinski definition) is 1. The van der Waals surface area contributed by atoms with Crippen LogP contribution in [0.5, 0.6) is 0 Å². The van der Waals surface area contributed by atoms with E-state index in [-0.39, 0.29) is 18.4 Å². The molecule has 2 fully saturated rings. The second-order valence-electron chi connectivity index (χ2n) is 6.99. The maximum absolute atomic E-state index is 12.7. The Morgan fingerprint density at radius 1 is 1.14 bits per heavy atom. The van der Waals surface area contributed by atoms with Crippen LogP contribution in [0.15, 0.2) is 34.7 Å². The predicted molar refractivity (Wildman–Crippen MR) is 95.6 cm³/mol. The summed E-state index contributed by atoms with van der Waals surface area (Å²) >= 11 is 0. The lowest BCUT2D eigenvalue weighted by molar-refractivity contribution is -0.149. The third kappa shape index (κ3) is 3.47. The lowest BCUT2D eigenvalue weighted by Gasteiger charge is -2.30. The van der Waals surface area contributed by atoms with Gasteiger partial charge in [0.1, 0.15) is 12.1 Å². The Kier molecular flexibility index (Phi) is 4.81. The summed E-state index contributed by atoms with van der Waals surface area (Å²) in [6.45, 7) is -0.667. The van der Waals surface area contributed by atoms with Gasteiger partial charge in [-0.05, 0) is 25.0 Å². The molecule has 2 aromatic rings. The fraction of sp³-hybridized carbons (Fsp3) is 0.421. The Balaban J connectivity index is 1.33. The van der Waals surface area contributed by atoms with Crippen LogP contribution in [0, 0.1) is 0 Å². The van der Waals surface area contributed by atoms with Gasteiger partial charge < -0.3 is 14.5 Å². The van der Waals surface area contributed by atoms with Gasteiger partial charge in [-0.15, -0.1) is 10.2 Å². The van der Waals surface area contributed by atoms with E-state index in [1.807, 2.05) is 30.3 Å². The Morgan fingerprint density at radius 2 is 1.89 bits per heavy atom. The summed E-state index contributed by atoms with van der Waals surface area (Å²) in [5.74, 6) is -0.609. The van der Waals surface area contributed by atoms with E-state index in [2.05, 4.69) is 15.5 Å². The maximum atomic E-state index is 12.7. The molecule has 1 aliphatic carbocycles. The topological polar surface area (TPSA) is 115 Å². The van der Waals surface area contributed by atoms with Crippen molar-refractivity contribution < 1.29 is 23.5 Å². The molecule has 1 aliphatic heterocycles. The minimum Gasteiger partial charge on any atom is -0.454 e. The zero-order chi connectivity index (χ0) is 19.6. The molecule has 0 radical (unpaired) electrons. The molecule has 1 spiro atoms. The van der Waals surface area contributed by atoms with Crippen LogP contribution >= 0.6 is 0 Å². The second-order valence-corrected chi connectivity index (χ2v) is 6.99. The minimum atomic E-state index is -0.854. The molecular weight excluding hydrogens is 364 g/mol.